The minimum Gasteiger partial charge on any atom is -0.480 e. The fourth-order valence-electron chi connectivity index (χ4n) is 1.92. The van der Waals surface area contributed by atoms with Crippen LogP contribution in [0.1, 0.15) is 23.0 Å². The first-order valence-corrected chi connectivity index (χ1v) is 6.09. The Labute approximate surface area is 115 Å². The van der Waals surface area contributed by atoms with Gasteiger partial charge in [-0.05, 0) is 26.0 Å². The lowest BCUT2D eigenvalue weighted by Gasteiger charge is -2.12. The molecule has 2 rings (SSSR count). The molecule has 0 spiro atoms. The van der Waals surface area contributed by atoms with Gasteiger partial charge in [-0.3, -0.25) is 14.6 Å². The number of hydrogen-bond acceptors (Lipinski definition) is 4. The average Bonchev–Trinajstić information content (AvgIpc) is 2.38. The molecule has 1 aromatic heterocycles. The van der Waals surface area contributed by atoms with E-state index in [1.165, 1.54) is 6.92 Å². The lowest BCUT2D eigenvalue weighted by Crippen LogP contribution is -2.38. The second kappa shape index (κ2) is 5.16. The number of fused-ring (bicyclic) bond motifs is 1. The molecule has 1 aromatic carbocycles. The molecule has 1 heterocycles. The Balaban J connectivity index is 2.51. The van der Waals surface area contributed by atoms with Gasteiger partial charge in [-0.1, -0.05) is 12.1 Å². The maximum absolute atomic E-state index is 12.2. The maximum Gasteiger partial charge on any atom is 0.325 e. The van der Waals surface area contributed by atoms with Gasteiger partial charge in [-0.2, -0.15) is 0 Å². The molecular weight excluding hydrogens is 258 g/mol. The van der Waals surface area contributed by atoms with E-state index < -0.39 is 17.9 Å². The normalized spacial score (nSPS) is 12.1. The molecule has 6 heteroatoms. The third-order valence-corrected chi connectivity index (χ3v) is 2.96. The van der Waals surface area contributed by atoms with Crippen LogP contribution in [0.2, 0.25) is 0 Å². The van der Waals surface area contributed by atoms with Crippen molar-refractivity contribution in [3.63, 3.8) is 0 Å². The number of aliphatic carboxylic acids is 1. The quantitative estimate of drug-likeness (QED) is 0.731. The van der Waals surface area contributed by atoms with Crippen LogP contribution in [0.5, 0.6) is 0 Å². The fraction of sp³-hybridized carbons (Fsp3) is 0.214. The van der Waals surface area contributed by atoms with E-state index in [-0.39, 0.29) is 0 Å². The van der Waals surface area contributed by atoms with Gasteiger partial charge in [0.1, 0.15) is 6.04 Å². The van der Waals surface area contributed by atoms with Crippen LogP contribution in [-0.4, -0.2) is 28.0 Å². The molecule has 1 unspecified atom stereocenters. The molecule has 6 nitrogen and oxygen atoms in total. The summed E-state index contributed by atoms with van der Waals surface area (Å²) >= 11 is 0. The van der Waals surface area contributed by atoms with Gasteiger partial charge >= 0.3 is 5.97 Å². The van der Waals surface area contributed by atoms with Gasteiger partial charge in [0.05, 0.1) is 16.8 Å². The predicted molar refractivity (Wildman–Crippen MR) is 75.5 cm³/mol. The Morgan fingerprint density at radius 2 is 2.10 bits per heavy atom. The van der Waals surface area contributed by atoms with E-state index in [1.54, 1.807) is 31.2 Å². The minimum atomic E-state index is -1.09. The number of nitrogens with zero attached hydrogens (tertiary/aromatic N) is 1. The van der Waals surface area contributed by atoms with Crippen molar-refractivity contribution in [3.05, 3.63) is 35.5 Å². The first kappa shape index (κ1) is 13.8. The number of carboxylic acid groups (broad SMARTS) is 1. The highest BCUT2D eigenvalue weighted by Gasteiger charge is 2.18. The zero-order chi connectivity index (χ0) is 14.9. The van der Waals surface area contributed by atoms with E-state index in [4.69, 9.17) is 10.8 Å². The number of pyridine rings is 1. The molecule has 0 aliphatic carbocycles. The number of aromatic nitrogens is 1. The van der Waals surface area contributed by atoms with Gasteiger partial charge < -0.3 is 16.2 Å². The number of hydrogen-bond donors (Lipinski definition) is 3. The van der Waals surface area contributed by atoms with Gasteiger partial charge in [-0.25, -0.2) is 0 Å². The van der Waals surface area contributed by atoms with E-state index >= 15 is 0 Å². The molecule has 1 atom stereocenters. The molecule has 2 aromatic rings. The number of benzene rings is 1. The lowest BCUT2D eigenvalue weighted by atomic mass is 10.1. The molecule has 1 amide bonds. The molecule has 4 N–H and O–H groups in total. The van der Waals surface area contributed by atoms with Gasteiger partial charge in [-0.15, -0.1) is 0 Å². The highest BCUT2D eigenvalue weighted by Crippen LogP contribution is 2.23. The fourth-order valence-corrected chi connectivity index (χ4v) is 1.92. The zero-order valence-corrected chi connectivity index (χ0v) is 11.2. The van der Waals surface area contributed by atoms with Crippen LogP contribution in [0.15, 0.2) is 24.3 Å². The summed E-state index contributed by atoms with van der Waals surface area (Å²) in [6, 6.07) is 5.82. The van der Waals surface area contributed by atoms with E-state index in [0.29, 0.717) is 27.8 Å². The molecule has 0 saturated heterocycles. The Morgan fingerprint density at radius 1 is 1.40 bits per heavy atom. The molecule has 0 aliphatic rings. The SMILES string of the molecule is Cc1cc(C(=O)NC(C)C(=O)O)c2cccc(N)c2n1. The Bertz CT molecular complexity index is 697. The van der Waals surface area contributed by atoms with Crippen molar-refractivity contribution in [1.82, 2.24) is 10.3 Å². The largest absolute Gasteiger partial charge is 0.480 e. The van der Waals surface area contributed by atoms with Gasteiger partial charge in [0.25, 0.3) is 5.91 Å². The standard InChI is InChI=1S/C14H15N3O3/c1-7-6-10(13(18)17-8(2)14(19)20)9-4-3-5-11(15)12(9)16-7/h3-6,8H,15H2,1-2H3,(H,17,18)(H,19,20). The van der Waals surface area contributed by atoms with Crippen molar-refractivity contribution in [1.29, 1.82) is 0 Å². The summed E-state index contributed by atoms with van der Waals surface area (Å²) in [5.74, 6) is -1.55. The number of carbonyl (C=O) groups is 2. The van der Waals surface area contributed by atoms with Crippen LogP contribution in [0.25, 0.3) is 10.9 Å². The highest BCUT2D eigenvalue weighted by molar-refractivity contribution is 6.09. The number of para-hydroxylation sites is 1. The number of anilines is 1. The van der Waals surface area contributed by atoms with Crippen LogP contribution in [0.4, 0.5) is 5.69 Å². The Kier molecular flexibility index (Phi) is 3.56. The van der Waals surface area contributed by atoms with Crippen LogP contribution >= 0.6 is 0 Å². The number of nitrogens with two attached hydrogens (primary N) is 1. The van der Waals surface area contributed by atoms with E-state index in [9.17, 15) is 9.59 Å². The molecule has 20 heavy (non-hydrogen) atoms. The van der Waals surface area contributed by atoms with Crippen molar-refractivity contribution in [2.75, 3.05) is 5.73 Å². The monoisotopic (exact) mass is 273 g/mol. The van der Waals surface area contributed by atoms with Gasteiger partial charge in [0, 0.05) is 11.1 Å². The molecule has 0 bridgehead atoms. The van der Waals surface area contributed by atoms with Crippen molar-refractivity contribution in [2.45, 2.75) is 19.9 Å². The second-order valence-electron chi connectivity index (χ2n) is 4.59. The number of rotatable bonds is 3. The number of nitrogen functional groups attached to an aromatic ring is 1. The first-order valence-electron chi connectivity index (χ1n) is 6.09. The molecule has 0 fully saturated rings. The second-order valence-corrected chi connectivity index (χ2v) is 4.59. The Morgan fingerprint density at radius 3 is 2.75 bits per heavy atom. The number of carboxylic acids is 1. The van der Waals surface area contributed by atoms with Crippen LogP contribution in [0, 0.1) is 6.92 Å². The van der Waals surface area contributed by atoms with Crippen molar-refractivity contribution < 1.29 is 14.7 Å². The predicted octanol–water partition coefficient (Wildman–Crippen LogP) is 1.33. The molecular formula is C14H15N3O3. The van der Waals surface area contributed by atoms with Crippen molar-refractivity contribution >= 4 is 28.5 Å². The molecule has 0 aliphatic heterocycles. The summed E-state index contributed by atoms with van der Waals surface area (Å²) in [6.07, 6.45) is 0. The van der Waals surface area contributed by atoms with Crippen LogP contribution in [0.3, 0.4) is 0 Å². The number of carbonyl (C=O) groups excluding carboxylic acids is 1. The van der Waals surface area contributed by atoms with E-state index in [2.05, 4.69) is 10.3 Å². The van der Waals surface area contributed by atoms with Gasteiger partial charge in [0.2, 0.25) is 0 Å². The van der Waals surface area contributed by atoms with Gasteiger partial charge in [0.15, 0.2) is 0 Å². The molecule has 0 radical (unpaired) electrons. The number of aryl methyl sites for hydroxylation is 1. The molecule has 104 valence electrons. The van der Waals surface area contributed by atoms with Crippen LogP contribution in [-0.2, 0) is 4.79 Å². The summed E-state index contributed by atoms with van der Waals surface area (Å²) in [6.45, 7) is 3.16. The maximum atomic E-state index is 12.2. The summed E-state index contributed by atoms with van der Waals surface area (Å²) in [5, 5.41) is 11.9. The van der Waals surface area contributed by atoms with E-state index in [1.807, 2.05) is 0 Å². The van der Waals surface area contributed by atoms with E-state index in [0.717, 1.165) is 0 Å². The summed E-state index contributed by atoms with van der Waals surface area (Å²) < 4.78 is 0. The Hall–Kier alpha value is -2.63. The summed E-state index contributed by atoms with van der Waals surface area (Å²) in [4.78, 5) is 27.3. The lowest BCUT2D eigenvalue weighted by molar-refractivity contribution is -0.138. The zero-order valence-electron chi connectivity index (χ0n) is 11.2. The van der Waals surface area contributed by atoms with Crippen molar-refractivity contribution in [3.8, 4) is 0 Å². The average molecular weight is 273 g/mol. The van der Waals surface area contributed by atoms with Crippen LogP contribution < -0.4 is 11.1 Å². The third kappa shape index (κ3) is 2.54. The smallest absolute Gasteiger partial charge is 0.325 e. The third-order valence-electron chi connectivity index (χ3n) is 2.96. The number of amides is 1. The number of nitrogens with one attached hydrogen (secondary N) is 1. The highest BCUT2D eigenvalue weighted by atomic mass is 16.4. The summed E-state index contributed by atoms with van der Waals surface area (Å²) in [5.41, 5.74) is 7.89. The molecule has 0 saturated carbocycles. The minimum absolute atomic E-state index is 0.368. The first-order chi connectivity index (χ1) is 9.40. The summed E-state index contributed by atoms with van der Waals surface area (Å²) in [7, 11) is 0. The topological polar surface area (TPSA) is 105 Å². The van der Waals surface area contributed by atoms with Crippen molar-refractivity contribution in [2.24, 2.45) is 0 Å².